The van der Waals surface area contributed by atoms with Gasteiger partial charge in [-0.15, -0.1) is 0 Å². The maximum atomic E-state index is 11.7. The third kappa shape index (κ3) is 7.47. The molecule has 0 unspecified atom stereocenters. The van der Waals surface area contributed by atoms with Gasteiger partial charge in [0.25, 0.3) is 0 Å². The quantitative estimate of drug-likeness (QED) is 0.717. The summed E-state index contributed by atoms with van der Waals surface area (Å²) in [6.07, 6.45) is -3.77. The van der Waals surface area contributed by atoms with Crippen molar-refractivity contribution in [3.05, 3.63) is 0 Å². The number of carbonyl (C=O) groups excluding carboxylic acids is 1. The minimum Gasteiger partial charge on any atom is -0.362 e. The van der Waals surface area contributed by atoms with E-state index in [4.69, 9.17) is 5.73 Å². The molecule has 2 N–H and O–H groups in total. The highest BCUT2D eigenvalue weighted by Gasteiger charge is 2.28. The van der Waals surface area contributed by atoms with Crippen LogP contribution in [0.3, 0.4) is 0 Å². The Bertz CT molecular complexity index is 209. The van der Waals surface area contributed by atoms with Crippen molar-refractivity contribution in [1.82, 2.24) is 4.90 Å². The van der Waals surface area contributed by atoms with Crippen molar-refractivity contribution in [2.75, 3.05) is 32.8 Å². The van der Waals surface area contributed by atoms with Gasteiger partial charge in [0.1, 0.15) is 13.2 Å². The molecule has 0 spiro atoms. The first-order valence-corrected chi connectivity index (χ1v) is 5.03. The lowest BCUT2D eigenvalue weighted by molar-refractivity contribution is -0.177. The average molecular weight is 242 g/mol. The molecule has 0 aliphatic heterocycles. The van der Waals surface area contributed by atoms with Gasteiger partial charge in [0, 0.05) is 13.1 Å². The van der Waals surface area contributed by atoms with E-state index in [-0.39, 0.29) is 0 Å². The molecule has 0 saturated heterocycles. The molecule has 0 aromatic carbocycles. The number of alkyl halides is 3. The predicted octanol–water partition coefficient (Wildman–Crippen LogP) is 0.763. The van der Waals surface area contributed by atoms with Crippen LogP contribution in [-0.2, 0) is 9.53 Å². The first-order chi connectivity index (χ1) is 7.40. The van der Waals surface area contributed by atoms with Crippen LogP contribution in [0.25, 0.3) is 0 Å². The number of likely N-dealkylation sites (N-methyl/N-ethyl adjacent to an activating group) is 1. The Morgan fingerprint density at radius 1 is 1.44 bits per heavy atom. The maximum absolute atomic E-state index is 11.7. The van der Waals surface area contributed by atoms with Gasteiger partial charge in [0.2, 0.25) is 5.91 Å². The summed E-state index contributed by atoms with van der Waals surface area (Å²) in [5.41, 5.74) is 5.27. The highest BCUT2D eigenvalue weighted by atomic mass is 19.4. The normalized spacial score (nSPS) is 11.6. The lowest BCUT2D eigenvalue weighted by atomic mass is 10.3. The Balaban J connectivity index is 3.84. The van der Waals surface area contributed by atoms with Crippen LogP contribution in [0, 0.1) is 0 Å². The number of amides is 1. The van der Waals surface area contributed by atoms with Crippen LogP contribution in [0.1, 0.15) is 13.3 Å². The largest absolute Gasteiger partial charge is 0.411 e. The van der Waals surface area contributed by atoms with Gasteiger partial charge in [0.05, 0.1) is 0 Å². The van der Waals surface area contributed by atoms with Crippen molar-refractivity contribution in [3.63, 3.8) is 0 Å². The third-order valence-corrected chi connectivity index (χ3v) is 1.86. The van der Waals surface area contributed by atoms with Crippen molar-refractivity contribution in [1.29, 1.82) is 0 Å². The van der Waals surface area contributed by atoms with Gasteiger partial charge < -0.3 is 15.4 Å². The van der Waals surface area contributed by atoms with Crippen molar-refractivity contribution in [2.45, 2.75) is 19.5 Å². The van der Waals surface area contributed by atoms with Crippen LogP contribution in [-0.4, -0.2) is 49.8 Å². The molecule has 0 aromatic rings. The second-order valence-corrected chi connectivity index (χ2v) is 3.22. The van der Waals surface area contributed by atoms with Crippen LogP contribution < -0.4 is 5.73 Å². The maximum Gasteiger partial charge on any atom is 0.411 e. The molecule has 0 aliphatic rings. The van der Waals surface area contributed by atoms with E-state index >= 15 is 0 Å². The smallest absolute Gasteiger partial charge is 0.362 e. The Morgan fingerprint density at radius 3 is 2.50 bits per heavy atom. The van der Waals surface area contributed by atoms with Crippen LogP contribution in [0.5, 0.6) is 0 Å². The van der Waals surface area contributed by atoms with E-state index in [2.05, 4.69) is 4.74 Å². The molecule has 7 heteroatoms. The standard InChI is InChI=1S/C9H17F3N2O2/c1-2-14(5-3-4-13)8(15)6-16-7-9(10,11)12/h2-7,13H2,1H3. The van der Waals surface area contributed by atoms with E-state index in [1.54, 1.807) is 6.92 Å². The second kappa shape index (κ2) is 7.45. The first-order valence-electron chi connectivity index (χ1n) is 5.03. The number of ether oxygens (including phenoxy) is 1. The van der Waals surface area contributed by atoms with Gasteiger partial charge in [-0.1, -0.05) is 0 Å². The van der Waals surface area contributed by atoms with Gasteiger partial charge in [0.15, 0.2) is 0 Å². The van der Waals surface area contributed by atoms with Gasteiger partial charge in [-0.25, -0.2) is 0 Å². The molecule has 0 saturated carbocycles. The molecule has 0 aromatic heterocycles. The van der Waals surface area contributed by atoms with E-state index in [1.807, 2.05) is 0 Å². The number of hydrogen-bond acceptors (Lipinski definition) is 3. The predicted molar refractivity (Wildman–Crippen MR) is 52.8 cm³/mol. The number of rotatable bonds is 7. The summed E-state index contributed by atoms with van der Waals surface area (Å²) < 4.78 is 39.5. The minimum atomic E-state index is -4.39. The zero-order valence-electron chi connectivity index (χ0n) is 9.22. The number of nitrogens with two attached hydrogens (primary N) is 1. The van der Waals surface area contributed by atoms with Crippen molar-refractivity contribution >= 4 is 5.91 Å². The van der Waals surface area contributed by atoms with Crippen LogP contribution in [0.15, 0.2) is 0 Å². The van der Waals surface area contributed by atoms with Gasteiger partial charge in [-0.05, 0) is 19.9 Å². The topological polar surface area (TPSA) is 55.6 Å². The summed E-state index contributed by atoms with van der Waals surface area (Å²) in [4.78, 5) is 12.8. The van der Waals surface area contributed by atoms with Crippen LogP contribution in [0.2, 0.25) is 0 Å². The minimum absolute atomic E-state index is 0.438. The van der Waals surface area contributed by atoms with E-state index in [0.29, 0.717) is 26.1 Å². The Hall–Kier alpha value is -0.820. The van der Waals surface area contributed by atoms with Crippen molar-refractivity contribution < 1.29 is 22.7 Å². The average Bonchev–Trinajstić information content (AvgIpc) is 2.17. The summed E-state index contributed by atoms with van der Waals surface area (Å²) in [6.45, 7) is 1.13. The van der Waals surface area contributed by atoms with Crippen molar-refractivity contribution in [2.24, 2.45) is 5.73 Å². The van der Waals surface area contributed by atoms with Gasteiger partial charge >= 0.3 is 6.18 Å². The molecule has 0 rings (SSSR count). The highest BCUT2D eigenvalue weighted by Crippen LogP contribution is 2.14. The van der Waals surface area contributed by atoms with E-state index in [1.165, 1.54) is 4.90 Å². The Morgan fingerprint density at radius 2 is 2.06 bits per heavy atom. The Labute approximate surface area is 92.5 Å². The number of carbonyl (C=O) groups is 1. The number of halogens is 3. The molecule has 0 fully saturated rings. The summed E-state index contributed by atoms with van der Waals surface area (Å²) >= 11 is 0. The SMILES string of the molecule is CCN(CCCN)C(=O)COCC(F)(F)F. The Kier molecular flexibility index (Phi) is 7.07. The lowest BCUT2D eigenvalue weighted by Gasteiger charge is -2.20. The van der Waals surface area contributed by atoms with E-state index in [9.17, 15) is 18.0 Å². The first kappa shape index (κ1) is 15.2. The molecule has 0 bridgehead atoms. The molecule has 0 heterocycles. The molecular weight excluding hydrogens is 225 g/mol. The van der Waals surface area contributed by atoms with E-state index in [0.717, 1.165) is 0 Å². The molecule has 96 valence electrons. The third-order valence-electron chi connectivity index (χ3n) is 1.86. The fraction of sp³-hybridized carbons (Fsp3) is 0.889. The van der Waals surface area contributed by atoms with Gasteiger partial charge in [-0.2, -0.15) is 13.2 Å². The molecule has 4 nitrogen and oxygen atoms in total. The molecule has 0 atom stereocenters. The zero-order chi connectivity index (χ0) is 12.6. The number of hydrogen-bond donors (Lipinski definition) is 1. The molecule has 0 aliphatic carbocycles. The monoisotopic (exact) mass is 242 g/mol. The van der Waals surface area contributed by atoms with Crippen LogP contribution >= 0.6 is 0 Å². The zero-order valence-corrected chi connectivity index (χ0v) is 9.22. The van der Waals surface area contributed by atoms with Crippen LogP contribution in [0.4, 0.5) is 13.2 Å². The fourth-order valence-electron chi connectivity index (χ4n) is 1.09. The molecular formula is C9H17F3N2O2. The molecule has 16 heavy (non-hydrogen) atoms. The van der Waals surface area contributed by atoms with E-state index < -0.39 is 25.3 Å². The second-order valence-electron chi connectivity index (χ2n) is 3.22. The fourth-order valence-corrected chi connectivity index (χ4v) is 1.09. The van der Waals surface area contributed by atoms with Gasteiger partial charge in [-0.3, -0.25) is 4.79 Å². The highest BCUT2D eigenvalue weighted by molar-refractivity contribution is 5.77. The summed E-state index contributed by atoms with van der Waals surface area (Å²) in [5, 5.41) is 0. The molecule has 1 amide bonds. The summed E-state index contributed by atoms with van der Waals surface area (Å²) in [6, 6.07) is 0. The van der Waals surface area contributed by atoms with Crippen molar-refractivity contribution in [3.8, 4) is 0 Å². The number of nitrogens with zero attached hydrogens (tertiary/aromatic N) is 1. The summed E-state index contributed by atoms with van der Waals surface area (Å²) in [7, 11) is 0. The summed E-state index contributed by atoms with van der Waals surface area (Å²) in [5.74, 6) is -0.444. The lowest BCUT2D eigenvalue weighted by Crippen LogP contribution is -2.36. The molecule has 0 radical (unpaired) electrons.